The molecule has 2 saturated heterocycles. The largest absolute Gasteiger partial charge is 0.326 e. The van der Waals surface area contributed by atoms with Crippen LogP contribution in [0.5, 0.6) is 0 Å². The molecule has 168 valence electrons. The van der Waals surface area contributed by atoms with Crippen LogP contribution in [0.2, 0.25) is 0 Å². The number of nitrogens with one attached hydrogen (secondary N) is 1. The van der Waals surface area contributed by atoms with E-state index < -0.39 is 6.04 Å². The highest BCUT2D eigenvalue weighted by Crippen LogP contribution is 2.33. The van der Waals surface area contributed by atoms with Crippen molar-refractivity contribution in [3.63, 3.8) is 0 Å². The Morgan fingerprint density at radius 1 is 1.16 bits per heavy atom. The summed E-state index contributed by atoms with van der Waals surface area (Å²) in [4.78, 5) is 46.2. The van der Waals surface area contributed by atoms with Crippen LogP contribution in [0.4, 0.5) is 5.69 Å². The number of pyridine rings is 1. The Morgan fingerprint density at radius 2 is 1.88 bits per heavy atom. The number of amides is 2. The number of aromatic nitrogens is 1. The van der Waals surface area contributed by atoms with Crippen LogP contribution in [0.1, 0.15) is 50.8 Å². The van der Waals surface area contributed by atoms with E-state index in [4.69, 9.17) is 0 Å². The molecule has 2 atom stereocenters. The minimum Gasteiger partial charge on any atom is -0.326 e. The number of carbonyl (C=O) groups excluding carboxylic acids is 3. The van der Waals surface area contributed by atoms with Gasteiger partial charge in [0.05, 0.1) is 19.1 Å². The Hall–Kier alpha value is -3.06. The van der Waals surface area contributed by atoms with E-state index in [1.807, 2.05) is 30.3 Å². The van der Waals surface area contributed by atoms with Gasteiger partial charge in [-0.05, 0) is 48.6 Å². The minimum atomic E-state index is -0.882. The van der Waals surface area contributed by atoms with Crippen LogP contribution in [-0.4, -0.2) is 53.2 Å². The molecule has 0 saturated carbocycles. The van der Waals surface area contributed by atoms with Crippen LogP contribution in [0, 0.1) is 0 Å². The van der Waals surface area contributed by atoms with Gasteiger partial charge in [0.15, 0.2) is 5.78 Å². The lowest BCUT2D eigenvalue weighted by molar-refractivity contribution is -0.146. The third-order valence-electron chi connectivity index (χ3n) is 6.15. The van der Waals surface area contributed by atoms with Crippen molar-refractivity contribution < 1.29 is 14.4 Å². The molecule has 32 heavy (non-hydrogen) atoms. The molecule has 1 N–H and O–H groups in total. The fourth-order valence-corrected chi connectivity index (χ4v) is 4.24. The van der Waals surface area contributed by atoms with E-state index in [0.717, 1.165) is 24.9 Å². The standard InChI is InChI=1S/C25H30N4O3/c1-25(2,3)18-8-10-19(11-9-18)29(23(31)21-7-5-13-27-21)22(17-6-4-12-26-14-17)24(32)28-15-20(30)16-28/h4,6,8-12,14,21-22,27H,5,7,13,15-16H2,1-3H3. The summed E-state index contributed by atoms with van der Waals surface area (Å²) in [6.45, 7) is 7.35. The monoisotopic (exact) mass is 434 g/mol. The van der Waals surface area contributed by atoms with Gasteiger partial charge < -0.3 is 10.2 Å². The van der Waals surface area contributed by atoms with E-state index in [1.54, 1.807) is 23.4 Å². The third kappa shape index (κ3) is 4.43. The molecule has 2 aliphatic rings. The Bertz CT molecular complexity index is 984. The van der Waals surface area contributed by atoms with Crippen molar-refractivity contribution in [2.75, 3.05) is 24.5 Å². The van der Waals surface area contributed by atoms with E-state index in [-0.39, 0.29) is 42.1 Å². The summed E-state index contributed by atoms with van der Waals surface area (Å²) in [5.41, 5.74) is 2.40. The Kier molecular flexibility index (Phi) is 6.11. The van der Waals surface area contributed by atoms with Crippen LogP contribution in [0.3, 0.4) is 0 Å². The number of rotatable bonds is 5. The average molecular weight is 435 g/mol. The molecule has 2 amide bonds. The number of benzene rings is 1. The van der Waals surface area contributed by atoms with Crippen molar-refractivity contribution in [3.8, 4) is 0 Å². The molecule has 0 spiro atoms. The molecule has 2 unspecified atom stereocenters. The second-order valence-electron chi connectivity index (χ2n) is 9.58. The summed E-state index contributed by atoms with van der Waals surface area (Å²) in [6, 6.07) is 10.2. The molecular formula is C25H30N4O3. The number of likely N-dealkylation sites (tertiary alicyclic amines) is 1. The van der Waals surface area contributed by atoms with Crippen molar-refractivity contribution in [2.24, 2.45) is 0 Å². The zero-order chi connectivity index (χ0) is 22.9. The van der Waals surface area contributed by atoms with Gasteiger partial charge in [0.2, 0.25) is 5.91 Å². The molecule has 4 rings (SSSR count). The molecule has 0 bridgehead atoms. The van der Waals surface area contributed by atoms with Crippen molar-refractivity contribution in [3.05, 3.63) is 59.9 Å². The van der Waals surface area contributed by atoms with E-state index in [9.17, 15) is 14.4 Å². The molecule has 7 heteroatoms. The van der Waals surface area contributed by atoms with E-state index in [0.29, 0.717) is 11.3 Å². The van der Waals surface area contributed by atoms with E-state index in [1.165, 1.54) is 4.90 Å². The fourth-order valence-electron chi connectivity index (χ4n) is 4.24. The maximum Gasteiger partial charge on any atom is 0.251 e. The summed E-state index contributed by atoms with van der Waals surface area (Å²) >= 11 is 0. The number of anilines is 1. The number of hydrogen-bond acceptors (Lipinski definition) is 5. The smallest absolute Gasteiger partial charge is 0.251 e. The highest BCUT2D eigenvalue weighted by Gasteiger charge is 2.41. The molecule has 1 aromatic heterocycles. The SMILES string of the molecule is CC(C)(C)c1ccc(N(C(=O)C2CCCN2)C(C(=O)N2CC(=O)C2)c2cccnc2)cc1. The second-order valence-corrected chi connectivity index (χ2v) is 9.58. The summed E-state index contributed by atoms with van der Waals surface area (Å²) in [6.07, 6.45) is 4.90. The number of hydrogen-bond donors (Lipinski definition) is 1. The Balaban J connectivity index is 1.78. The lowest BCUT2D eigenvalue weighted by Crippen LogP contribution is -2.56. The molecule has 2 fully saturated rings. The van der Waals surface area contributed by atoms with Crippen LogP contribution >= 0.6 is 0 Å². The van der Waals surface area contributed by atoms with Gasteiger partial charge in [-0.1, -0.05) is 39.0 Å². The highest BCUT2D eigenvalue weighted by molar-refractivity contribution is 6.06. The maximum absolute atomic E-state index is 13.7. The number of ketones is 1. The van der Waals surface area contributed by atoms with Gasteiger partial charge in [-0.2, -0.15) is 0 Å². The summed E-state index contributed by atoms with van der Waals surface area (Å²) in [5.74, 6) is -0.378. The lowest BCUT2D eigenvalue weighted by Gasteiger charge is -2.38. The van der Waals surface area contributed by atoms with Crippen molar-refractivity contribution >= 4 is 23.3 Å². The predicted molar refractivity (Wildman–Crippen MR) is 122 cm³/mol. The summed E-state index contributed by atoms with van der Waals surface area (Å²) in [5, 5.41) is 3.27. The molecule has 7 nitrogen and oxygen atoms in total. The lowest BCUT2D eigenvalue weighted by atomic mass is 9.87. The van der Waals surface area contributed by atoms with Crippen LogP contribution in [0.15, 0.2) is 48.8 Å². The normalized spacial score (nSPS) is 19.4. The fraction of sp³-hybridized carbons (Fsp3) is 0.440. The van der Waals surface area contributed by atoms with Gasteiger partial charge in [-0.15, -0.1) is 0 Å². The quantitative estimate of drug-likeness (QED) is 0.782. The molecule has 3 heterocycles. The Morgan fingerprint density at radius 3 is 2.41 bits per heavy atom. The van der Waals surface area contributed by atoms with E-state index in [2.05, 4.69) is 31.1 Å². The number of carbonyl (C=O) groups is 3. The Labute approximate surface area is 188 Å². The number of Topliss-reactive ketones (excluding diaryl/α,β-unsaturated/α-hetero) is 1. The van der Waals surface area contributed by atoms with Crippen LogP contribution < -0.4 is 10.2 Å². The predicted octanol–water partition coefficient (Wildman–Crippen LogP) is 2.62. The van der Waals surface area contributed by atoms with Gasteiger partial charge in [0, 0.05) is 23.6 Å². The highest BCUT2D eigenvalue weighted by atomic mass is 16.2. The van der Waals surface area contributed by atoms with Crippen molar-refractivity contribution in [1.29, 1.82) is 0 Å². The first kappa shape index (κ1) is 22.1. The van der Waals surface area contributed by atoms with Crippen LogP contribution in [0.25, 0.3) is 0 Å². The van der Waals surface area contributed by atoms with Gasteiger partial charge in [0.1, 0.15) is 6.04 Å². The minimum absolute atomic E-state index is 0.0214. The molecule has 1 aromatic carbocycles. The molecule has 2 aliphatic heterocycles. The third-order valence-corrected chi connectivity index (χ3v) is 6.15. The van der Waals surface area contributed by atoms with Crippen LogP contribution in [-0.2, 0) is 19.8 Å². The van der Waals surface area contributed by atoms with E-state index >= 15 is 0 Å². The number of nitrogens with zero attached hydrogens (tertiary/aromatic N) is 3. The second kappa shape index (κ2) is 8.82. The molecule has 2 aromatic rings. The van der Waals surface area contributed by atoms with Crippen molar-refractivity contribution in [2.45, 2.75) is 51.1 Å². The zero-order valence-electron chi connectivity index (χ0n) is 18.9. The summed E-state index contributed by atoms with van der Waals surface area (Å²) < 4.78 is 0. The molecule has 0 radical (unpaired) electrons. The van der Waals surface area contributed by atoms with Gasteiger partial charge >= 0.3 is 0 Å². The first-order chi connectivity index (χ1) is 15.3. The molecule has 0 aliphatic carbocycles. The van der Waals surface area contributed by atoms with Gasteiger partial charge in [0.25, 0.3) is 5.91 Å². The molecular weight excluding hydrogens is 404 g/mol. The van der Waals surface area contributed by atoms with Gasteiger partial charge in [-0.25, -0.2) is 0 Å². The van der Waals surface area contributed by atoms with Crippen molar-refractivity contribution in [1.82, 2.24) is 15.2 Å². The topological polar surface area (TPSA) is 82.6 Å². The average Bonchev–Trinajstić information content (AvgIpc) is 3.29. The van der Waals surface area contributed by atoms with Gasteiger partial charge in [-0.3, -0.25) is 24.3 Å². The first-order valence-electron chi connectivity index (χ1n) is 11.1. The zero-order valence-corrected chi connectivity index (χ0v) is 18.9. The first-order valence-corrected chi connectivity index (χ1v) is 11.1. The summed E-state index contributed by atoms with van der Waals surface area (Å²) in [7, 11) is 0. The maximum atomic E-state index is 13.7.